The predicted molar refractivity (Wildman–Crippen MR) is 56.5 cm³/mol. The molecule has 0 aromatic heterocycles. The summed E-state index contributed by atoms with van der Waals surface area (Å²) in [5, 5.41) is 3.26. The average molecular weight is 196 g/mol. The van der Waals surface area contributed by atoms with Crippen LogP contribution in [0.4, 0.5) is 4.39 Å². The fourth-order valence-electron chi connectivity index (χ4n) is 1.23. The van der Waals surface area contributed by atoms with Gasteiger partial charge in [0.25, 0.3) is 0 Å². The Hall–Kier alpha value is -0.930. The van der Waals surface area contributed by atoms with Gasteiger partial charge in [-0.3, -0.25) is 0 Å². The smallest absolute Gasteiger partial charge is 0.123 e. The molecular weight excluding hydrogens is 179 g/mol. The van der Waals surface area contributed by atoms with Crippen LogP contribution in [-0.2, 0) is 6.54 Å². The van der Waals surface area contributed by atoms with Crippen molar-refractivity contribution in [1.29, 1.82) is 0 Å². The molecule has 3 heteroatoms. The molecule has 1 atom stereocenters. The molecule has 2 nitrogen and oxygen atoms in total. The van der Waals surface area contributed by atoms with Crippen LogP contribution in [0, 0.1) is 12.7 Å². The average Bonchev–Trinajstić information content (AvgIpc) is 2.16. The Morgan fingerprint density at radius 3 is 2.79 bits per heavy atom. The zero-order chi connectivity index (χ0) is 10.6. The maximum absolute atomic E-state index is 12.8. The van der Waals surface area contributed by atoms with Crippen molar-refractivity contribution in [2.45, 2.75) is 26.4 Å². The van der Waals surface area contributed by atoms with E-state index >= 15 is 0 Å². The summed E-state index contributed by atoms with van der Waals surface area (Å²) in [4.78, 5) is 0. The molecule has 14 heavy (non-hydrogen) atoms. The van der Waals surface area contributed by atoms with Crippen LogP contribution in [0.2, 0.25) is 0 Å². The van der Waals surface area contributed by atoms with Gasteiger partial charge in [-0.05, 0) is 37.1 Å². The topological polar surface area (TPSA) is 38.0 Å². The maximum Gasteiger partial charge on any atom is 0.123 e. The van der Waals surface area contributed by atoms with Gasteiger partial charge in [0.05, 0.1) is 0 Å². The van der Waals surface area contributed by atoms with Crippen molar-refractivity contribution in [3.63, 3.8) is 0 Å². The standard InChI is InChI=1S/C11H17FN2/c1-8-5-11(12)4-3-10(8)7-14-9(2)6-13/h3-5,9,14H,6-7,13H2,1-2H3/t9-/m1/s1. The quantitative estimate of drug-likeness (QED) is 0.767. The summed E-state index contributed by atoms with van der Waals surface area (Å²) in [6, 6.07) is 5.13. The molecule has 0 saturated heterocycles. The number of benzene rings is 1. The van der Waals surface area contributed by atoms with Crippen LogP contribution >= 0.6 is 0 Å². The Kier molecular flexibility index (Phi) is 4.04. The Morgan fingerprint density at radius 2 is 2.21 bits per heavy atom. The molecule has 0 heterocycles. The monoisotopic (exact) mass is 196 g/mol. The molecular formula is C11H17FN2. The zero-order valence-corrected chi connectivity index (χ0v) is 8.68. The third kappa shape index (κ3) is 3.09. The molecule has 0 fully saturated rings. The Balaban J connectivity index is 2.59. The van der Waals surface area contributed by atoms with Crippen molar-refractivity contribution < 1.29 is 4.39 Å². The third-order valence-electron chi connectivity index (χ3n) is 2.30. The van der Waals surface area contributed by atoms with Crippen molar-refractivity contribution in [3.8, 4) is 0 Å². The van der Waals surface area contributed by atoms with Crippen LogP contribution in [0.3, 0.4) is 0 Å². The van der Waals surface area contributed by atoms with Crippen molar-refractivity contribution in [1.82, 2.24) is 5.32 Å². The Labute approximate surface area is 84.3 Å². The Bertz CT molecular complexity index is 299. The molecule has 0 spiro atoms. The van der Waals surface area contributed by atoms with E-state index in [4.69, 9.17) is 5.73 Å². The fourth-order valence-corrected chi connectivity index (χ4v) is 1.23. The van der Waals surface area contributed by atoms with Crippen LogP contribution in [0.5, 0.6) is 0 Å². The first-order valence-corrected chi connectivity index (χ1v) is 4.82. The van der Waals surface area contributed by atoms with E-state index in [2.05, 4.69) is 5.32 Å². The summed E-state index contributed by atoms with van der Waals surface area (Å²) in [5.41, 5.74) is 7.57. The summed E-state index contributed by atoms with van der Waals surface area (Å²) >= 11 is 0. The van der Waals surface area contributed by atoms with Crippen LogP contribution in [0.25, 0.3) is 0 Å². The predicted octanol–water partition coefficient (Wildman–Crippen LogP) is 1.57. The van der Waals surface area contributed by atoms with Gasteiger partial charge in [0.15, 0.2) is 0 Å². The van der Waals surface area contributed by atoms with Gasteiger partial charge in [-0.15, -0.1) is 0 Å². The number of hydrogen-bond acceptors (Lipinski definition) is 2. The molecule has 1 aromatic rings. The van der Waals surface area contributed by atoms with Crippen molar-refractivity contribution in [3.05, 3.63) is 35.1 Å². The van der Waals surface area contributed by atoms with Gasteiger partial charge in [0.2, 0.25) is 0 Å². The number of nitrogens with one attached hydrogen (secondary N) is 1. The molecule has 0 aliphatic carbocycles. The van der Waals surface area contributed by atoms with Gasteiger partial charge < -0.3 is 11.1 Å². The van der Waals surface area contributed by atoms with Crippen LogP contribution in [0.1, 0.15) is 18.1 Å². The molecule has 1 aromatic carbocycles. The molecule has 1 rings (SSSR count). The molecule has 78 valence electrons. The SMILES string of the molecule is Cc1cc(F)ccc1CN[C@H](C)CN. The van der Waals surface area contributed by atoms with Gasteiger partial charge in [0, 0.05) is 19.1 Å². The zero-order valence-electron chi connectivity index (χ0n) is 8.68. The highest BCUT2D eigenvalue weighted by Gasteiger charge is 2.02. The van der Waals surface area contributed by atoms with Crippen LogP contribution < -0.4 is 11.1 Å². The maximum atomic E-state index is 12.8. The van der Waals surface area contributed by atoms with Crippen LogP contribution in [-0.4, -0.2) is 12.6 Å². The van der Waals surface area contributed by atoms with E-state index in [1.807, 2.05) is 13.8 Å². The van der Waals surface area contributed by atoms with E-state index in [1.54, 1.807) is 12.1 Å². The first-order chi connectivity index (χ1) is 6.63. The normalized spacial score (nSPS) is 12.9. The summed E-state index contributed by atoms with van der Waals surface area (Å²) in [6.45, 7) is 5.29. The van der Waals surface area contributed by atoms with Gasteiger partial charge in [-0.25, -0.2) is 4.39 Å². The van der Waals surface area contributed by atoms with Crippen LogP contribution in [0.15, 0.2) is 18.2 Å². The number of rotatable bonds is 4. The van der Waals surface area contributed by atoms with Crippen molar-refractivity contribution >= 4 is 0 Å². The molecule has 0 amide bonds. The minimum Gasteiger partial charge on any atom is -0.329 e. The Morgan fingerprint density at radius 1 is 1.50 bits per heavy atom. The van der Waals surface area contributed by atoms with Gasteiger partial charge in [-0.1, -0.05) is 6.07 Å². The minimum atomic E-state index is -0.182. The lowest BCUT2D eigenvalue weighted by Gasteiger charge is -2.12. The van der Waals surface area contributed by atoms with Gasteiger partial charge in [-0.2, -0.15) is 0 Å². The van der Waals surface area contributed by atoms with E-state index < -0.39 is 0 Å². The largest absolute Gasteiger partial charge is 0.329 e. The molecule has 0 aliphatic heterocycles. The molecule has 0 radical (unpaired) electrons. The number of hydrogen-bond donors (Lipinski definition) is 2. The summed E-state index contributed by atoms with van der Waals surface area (Å²) in [6.07, 6.45) is 0. The lowest BCUT2D eigenvalue weighted by molar-refractivity contribution is 0.554. The first kappa shape index (κ1) is 11.1. The second-order valence-electron chi connectivity index (χ2n) is 3.59. The van der Waals surface area contributed by atoms with E-state index in [9.17, 15) is 4.39 Å². The summed E-state index contributed by atoms with van der Waals surface area (Å²) in [5.74, 6) is -0.182. The van der Waals surface area contributed by atoms with Crippen molar-refractivity contribution in [2.75, 3.05) is 6.54 Å². The second kappa shape index (κ2) is 5.08. The van der Waals surface area contributed by atoms with Gasteiger partial charge >= 0.3 is 0 Å². The number of aryl methyl sites for hydroxylation is 1. The first-order valence-electron chi connectivity index (χ1n) is 4.82. The minimum absolute atomic E-state index is 0.182. The summed E-state index contributed by atoms with van der Waals surface area (Å²) < 4.78 is 12.8. The number of halogens is 1. The molecule has 3 N–H and O–H groups in total. The molecule has 0 aliphatic rings. The summed E-state index contributed by atoms with van der Waals surface area (Å²) in [7, 11) is 0. The lowest BCUT2D eigenvalue weighted by Crippen LogP contribution is -2.32. The van der Waals surface area contributed by atoms with E-state index in [0.29, 0.717) is 12.6 Å². The highest BCUT2D eigenvalue weighted by molar-refractivity contribution is 5.26. The van der Waals surface area contributed by atoms with E-state index in [-0.39, 0.29) is 5.82 Å². The van der Waals surface area contributed by atoms with E-state index in [1.165, 1.54) is 6.07 Å². The molecule has 0 saturated carbocycles. The van der Waals surface area contributed by atoms with E-state index in [0.717, 1.165) is 17.7 Å². The fraction of sp³-hybridized carbons (Fsp3) is 0.455. The van der Waals surface area contributed by atoms with Crippen molar-refractivity contribution in [2.24, 2.45) is 5.73 Å². The molecule has 0 bridgehead atoms. The molecule has 0 unspecified atom stereocenters. The highest BCUT2D eigenvalue weighted by Crippen LogP contribution is 2.09. The second-order valence-corrected chi connectivity index (χ2v) is 3.59. The highest BCUT2D eigenvalue weighted by atomic mass is 19.1. The third-order valence-corrected chi connectivity index (χ3v) is 2.30. The number of nitrogens with two attached hydrogens (primary N) is 1. The van der Waals surface area contributed by atoms with Gasteiger partial charge in [0.1, 0.15) is 5.82 Å². The lowest BCUT2D eigenvalue weighted by atomic mass is 10.1.